The molecular weight excluding hydrogens is 307 g/mol. The Morgan fingerprint density at radius 1 is 1.48 bits per heavy atom. The van der Waals surface area contributed by atoms with Crippen LogP contribution in [0.4, 0.5) is 10.1 Å². The minimum Gasteiger partial charge on any atom is -0.311 e. The summed E-state index contributed by atoms with van der Waals surface area (Å²) in [5, 5.41) is -0.0625. The van der Waals surface area contributed by atoms with Crippen LogP contribution in [0.25, 0.3) is 0 Å². The van der Waals surface area contributed by atoms with Gasteiger partial charge in [-0.25, -0.2) is 4.39 Å². The first-order chi connectivity index (χ1) is 10.1. The maximum atomic E-state index is 13.2. The van der Waals surface area contributed by atoms with Gasteiger partial charge in [0.2, 0.25) is 5.91 Å². The number of piperidine rings is 1. The van der Waals surface area contributed by atoms with Crippen molar-refractivity contribution in [3.63, 3.8) is 0 Å². The lowest BCUT2D eigenvalue weighted by Crippen LogP contribution is -2.43. The molecule has 1 aromatic carbocycles. The number of nitrogens with zero attached hydrogens (tertiary/aromatic N) is 2. The van der Waals surface area contributed by atoms with E-state index in [4.69, 9.17) is 0 Å². The van der Waals surface area contributed by atoms with Crippen molar-refractivity contribution in [2.75, 3.05) is 23.7 Å². The van der Waals surface area contributed by atoms with E-state index >= 15 is 0 Å². The van der Waals surface area contributed by atoms with E-state index < -0.39 is 0 Å². The van der Waals surface area contributed by atoms with Crippen LogP contribution in [-0.4, -0.2) is 34.4 Å². The zero-order valence-electron chi connectivity index (χ0n) is 11.8. The van der Waals surface area contributed by atoms with Gasteiger partial charge >= 0.3 is 0 Å². The minimum atomic E-state index is -0.261. The zero-order valence-corrected chi connectivity index (χ0v) is 13.5. The predicted octanol–water partition coefficient (Wildman–Crippen LogP) is 3.47. The van der Waals surface area contributed by atoms with Crippen LogP contribution in [0.2, 0.25) is 0 Å². The minimum absolute atomic E-state index is 0.0625. The third-order valence-electron chi connectivity index (χ3n) is 3.64. The molecule has 21 heavy (non-hydrogen) atoms. The first-order valence-electron chi connectivity index (χ1n) is 7.06. The van der Waals surface area contributed by atoms with E-state index in [1.54, 1.807) is 34.5 Å². The van der Waals surface area contributed by atoms with Crippen LogP contribution in [0.15, 0.2) is 23.2 Å². The van der Waals surface area contributed by atoms with Gasteiger partial charge in [-0.2, -0.15) is 0 Å². The largest absolute Gasteiger partial charge is 0.311 e. The average molecular weight is 324 g/mol. The summed E-state index contributed by atoms with van der Waals surface area (Å²) in [6, 6.07) is 4.61. The fourth-order valence-corrected chi connectivity index (χ4v) is 4.95. The number of benzene rings is 1. The summed E-state index contributed by atoms with van der Waals surface area (Å²) in [6.45, 7) is 3.41. The van der Waals surface area contributed by atoms with E-state index in [0.717, 1.165) is 40.8 Å². The Morgan fingerprint density at radius 2 is 2.33 bits per heavy atom. The highest BCUT2D eigenvalue weighted by Gasteiger charge is 2.32. The molecule has 1 fully saturated rings. The lowest BCUT2D eigenvalue weighted by molar-refractivity contribution is -0.119. The van der Waals surface area contributed by atoms with Crippen molar-refractivity contribution in [3.05, 3.63) is 29.6 Å². The molecule has 0 radical (unpaired) electrons. The van der Waals surface area contributed by atoms with E-state index in [-0.39, 0.29) is 17.0 Å². The molecule has 2 aliphatic heterocycles. The molecule has 1 aromatic rings. The van der Waals surface area contributed by atoms with Gasteiger partial charge in [0.05, 0.1) is 11.8 Å². The molecule has 3 rings (SSSR count). The molecule has 1 atom stereocenters. The fourth-order valence-electron chi connectivity index (χ4n) is 2.62. The quantitative estimate of drug-likeness (QED) is 0.835. The first kappa shape index (κ1) is 14.9. The summed E-state index contributed by atoms with van der Waals surface area (Å²) in [5.74, 6) is 0.879. The van der Waals surface area contributed by atoms with Gasteiger partial charge in [0.1, 0.15) is 10.2 Å². The van der Waals surface area contributed by atoms with Crippen molar-refractivity contribution in [2.45, 2.75) is 25.0 Å². The third-order valence-corrected chi connectivity index (χ3v) is 6.10. The maximum absolute atomic E-state index is 13.2. The van der Waals surface area contributed by atoms with Crippen molar-refractivity contribution in [1.82, 2.24) is 0 Å². The number of rotatable bonds is 2. The number of hydrogen-bond donors (Lipinski definition) is 0. The highest BCUT2D eigenvalue weighted by Crippen LogP contribution is 2.34. The van der Waals surface area contributed by atoms with E-state index in [2.05, 4.69) is 4.99 Å². The normalized spacial score (nSPS) is 22.6. The second kappa shape index (κ2) is 6.40. The van der Waals surface area contributed by atoms with E-state index in [9.17, 15) is 9.18 Å². The van der Waals surface area contributed by atoms with Crippen LogP contribution in [-0.2, 0) is 4.79 Å². The van der Waals surface area contributed by atoms with Crippen LogP contribution in [0.1, 0.15) is 18.4 Å². The molecule has 0 aromatic heterocycles. The lowest BCUT2D eigenvalue weighted by Gasteiger charge is -2.32. The number of carbonyl (C=O) groups excluding carboxylic acids is 1. The Kier molecular flexibility index (Phi) is 4.54. The molecule has 1 unspecified atom stereocenters. The number of carbonyl (C=O) groups is 1. The molecule has 0 saturated carbocycles. The van der Waals surface area contributed by atoms with Gasteiger partial charge in [-0.3, -0.25) is 9.79 Å². The van der Waals surface area contributed by atoms with Crippen molar-refractivity contribution in [2.24, 2.45) is 4.99 Å². The molecule has 1 saturated heterocycles. The van der Waals surface area contributed by atoms with Crippen LogP contribution in [0.3, 0.4) is 0 Å². The fraction of sp³-hybridized carbons (Fsp3) is 0.467. The van der Waals surface area contributed by atoms with Crippen LogP contribution < -0.4 is 4.90 Å². The molecule has 112 valence electrons. The average Bonchev–Trinajstić information content (AvgIpc) is 2.95. The SMILES string of the molecule is Cc1cc(F)ccc1N1CCCC(SC2=NCCS2)C1=O. The Hall–Kier alpha value is -1.01. The van der Waals surface area contributed by atoms with E-state index in [1.165, 1.54) is 12.1 Å². The van der Waals surface area contributed by atoms with E-state index in [1.807, 2.05) is 6.92 Å². The molecule has 3 nitrogen and oxygen atoms in total. The second-order valence-electron chi connectivity index (χ2n) is 5.17. The first-order valence-corrected chi connectivity index (χ1v) is 8.93. The monoisotopic (exact) mass is 324 g/mol. The molecule has 1 amide bonds. The molecule has 0 bridgehead atoms. The Balaban J connectivity index is 1.78. The Labute approximate surface area is 132 Å². The third kappa shape index (κ3) is 3.26. The Morgan fingerprint density at radius 3 is 3.05 bits per heavy atom. The topological polar surface area (TPSA) is 32.7 Å². The number of anilines is 1. The van der Waals surface area contributed by atoms with Gasteiger partial charge < -0.3 is 4.90 Å². The molecule has 2 heterocycles. The maximum Gasteiger partial charge on any atom is 0.240 e. The number of amides is 1. The summed E-state index contributed by atoms with van der Waals surface area (Å²) in [5.41, 5.74) is 1.63. The van der Waals surface area contributed by atoms with Crippen molar-refractivity contribution >= 4 is 39.5 Å². The van der Waals surface area contributed by atoms with Gasteiger partial charge in [0, 0.05) is 18.0 Å². The second-order valence-corrected chi connectivity index (χ2v) is 7.70. The van der Waals surface area contributed by atoms with Gasteiger partial charge in [-0.1, -0.05) is 23.5 Å². The molecule has 0 spiro atoms. The standard InChI is InChI=1S/C15H17FN2OS2/c1-10-9-11(16)4-5-12(10)18-7-2-3-13(14(18)19)21-15-17-6-8-20-15/h4-5,9,13H,2-3,6-8H2,1H3. The number of thioether (sulfide) groups is 2. The van der Waals surface area contributed by atoms with Crippen LogP contribution in [0.5, 0.6) is 0 Å². The summed E-state index contributed by atoms with van der Waals surface area (Å²) in [6.07, 6.45) is 1.86. The molecule has 0 aliphatic carbocycles. The highest BCUT2D eigenvalue weighted by molar-refractivity contribution is 8.39. The molecule has 6 heteroatoms. The molecular formula is C15H17FN2OS2. The number of aryl methyl sites for hydroxylation is 1. The van der Waals surface area contributed by atoms with Crippen molar-refractivity contribution < 1.29 is 9.18 Å². The summed E-state index contributed by atoms with van der Waals surface area (Å²) >= 11 is 3.32. The predicted molar refractivity (Wildman–Crippen MR) is 88.9 cm³/mol. The summed E-state index contributed by atoms with van der Waals surface area (Å²) in [4.78, 5) is 18.9. The van der Waals surface area contributed by atoms with Gasteiger partial charge in [-0.05, 0) is 43.5 Å². The van der Waals surface area contributed by atoms with E-state index in [0.29, 0.717) is 6.54 Å². The van der Waals surface area contributed by atoms with Gasteiger partial charge in [0.25, 0.3) is 0 Å². The number of halogens is 1. The smallest absolute Gasteiger partial charge is 0.240 e. The summed E-state index contributed by atoms with van der Waals surface area (Å²) in [7, 11) is 0. The highest BCUT2D eigenvalue weighted by atomic mass is 32.2. The van der Waals surface area contributed by atoms with Crippen LogP contribution in [0, 0.1) is 12.7 Å². The number of hydrogen-bond acceptors (Lipinski definition) is 4. The zero-order chi connectivity index (χ0) is 14.8. The van der Waals surface area contributed by atoms with Crippen LogP contribution >= 0.6 is 23.5 Å². The van der Waals surface area contributed by atoms with Crippen molar-refractivity contribution in [3.8, 4) is 0 Å². The van der Waals surface area contributed by atoms with Gasteiger partial charge in [0.15, 0.2) is 0 Å². The molecule has 2 aliphatic rings. The Bertz CT molecular complexity index is 591. The number of aliphatic imine (C=N–C) groups is 1. The van der Waals surface area contributed by atoms with Crippen molar-refractivity contribution in [1.29, 1.82) is 0 Å². The lowest BCUT2D eigenvalue weighted by atomic mass is 10.1. The van der Waals surface area contributed by atoms with Gasteiger partial charge in [-0.15, -0.1) is 0 Å². The summed E-state index contributed by atoms with van der Waals surface area (Å²) < 4.78 is 14.3. The molecule has 0 N–H and O–H groups in total.